The zero-order chi connectivity index (χ0) is 14.9. The number of oxime groups is 1. The van der Waals surface area contributed by atoms with Crippen molar-refractivity contribution < 1.29 is 19.1 Å². The Bertz CT molecular complexity index is 570. The Hall–Kier alpha value is -1.92. The van der Waals surface area contributed by atoms with Crippen molar-refractivity contribution in [2.75, 3.05) is 5.75 Å². The highest BCUT2D eigenvalue weighted by Gasteiger charge is 2.04. The molecule has 110 valence electrons. The molecule has 0 aromatic carbocycles. The predicted molar refractivity (Wildman–Crippen MR) is 80.1 cm³/mol. The van der Waals surface area contributed by atoms with Crippen LogP contribution in [-0.4, -0.2) is 17.2 Å². The molecule has 0 fully saturated rings. The molecule has 2 heterocycles. The molecule has 6 heteroatoms. The Morgan fingerprint density at radius 2 is 1.67 bits per heavy atom. The molecule has 2 aromatic rings. The fraction of sp³-hybridized carbons (Fsp3) is 0.267. The first-order chi connectivity index (χ1) is 10.3. The van der Waals surface area contributed by atoms with Gasteiger partial charge in [0, 0.05) is 34.7 Å². The molecular weight excluding hydrogens is 286 g/mol. The van der Waals surface area contributed by atoms with Gasteiger partial charge in [0.1, 0.15) is 0 Å². The number of ether oxygens (including phenoxy) is 1. The van der Waals surface area contributed by atoms with E-state index < -0.39 is 0 Å². The minimum atomic E-state index is 0.467. The second-order valence-electron chi connectivity index (χ2n) is 4.33. The summed E-state index contributed by atoms with van der Waals surface area (Å²) in [6.07, 6.45) is 9.18. The van der Waals surface area contributed by atoms with E-state index >= 15 is 0 Å². The average Bonchev–Trinajstić information content (AvgIpc) is 2.51. The van der Waals surface area contributed by atoms with E-state index in [1.165, 1.54) is 11.1 Å². The van der Waals surface area contributed by atoms with Crippen LogP contribution in [0.4, 0.5) is 0 Å². The molecule has 0 radical (unpaired) electrons. The molecule has 0 aliphatic heterocycles. The van der Waals surface area contributed by atoms with Crippen molar-refractivity contribution in [3.8, 4) is 0 Å². The standard InChI is InChI=1S/C15H18N3O2S/c1-2-21-15-5-9-18(10-6-15)13-20-12-17-7-3-14(4-8-17)11-16-19/h3-11H,2,12-13H2,1H3/q+1/p+1. The first kappa shape index (κ1) is 15.5. The molecule has 0 amide bonds. The summed E-state index contributed by atoms with van der Waals surface area (Å²) in [7, 11) is 0. The minimum Gasteiger partial charge on any atom is -0.411 e. The van der Waals surface area contributed by atoms with Gasteiger partial charge in [-0.1, -0.05) is 12.1 Å². The third-order valence-electron chi connectivity index (χ3n) is 2.78. The Labute approximate surface area is 128 Å². The zero-order valence-electron chi connectivity index (χ0n) is 11.9. The minimum absolute atomic E-state index is 0.467. The smallest absolute Gasteiger partial charge is 0.257 e. The van der Waals surface area contributed by atoms with Gasteiger partial charge in [-0.05, 0) is 5.75 Å². The second-order valence-corrected chi connectivity index (χ2v) is 5.67. The van der Waals surface area contributed by atoms with Gasteiger partial charge in [-0.2, -0.15) is 9.13 Å². The topological polar surface area (TPSA) is 49.6 Å². The molecule has 0 bridgehead atoms. The molecule has 0 saturated heterocycles. The van der Waals surface area contributed by atoms with Crippen LogP contribution in [0.25, 0.3) is 0 Å². The van der Waals surface area contributed by atoms with Crippen molar-refractivity contribution in [1.29, 1.82) is 0 Å². The largest absolute Gasteiger partial charge is 0.411 e. The van der Waals surface area contributed by atoms with Crippen molar-refractivity contribution in [1.82, 2.24) is 0 Å². The first-order valence-electron chi connectivity index (χ1n) is 6.68. The van der Waals surface area contributed by atoms with Gasteiger partial charge in [0.15, 0.2) is 24.8 Å². The third kappa shape index (κ3) is 5.17. The lowest BCUT2D eigenvalue weighted by Crippen LogP contribution is -2.40. The highest BCUT2D eigenvalue weighted by atomic mass is 32.2. The van der Waals surface area contributed by atoms with E-state index in [1.807, 2.05) is 57.8 Å². The van der Waals surface area contributed by atoms with Crippen molar-refractivity contribution >= 4 is 18.0 Å². The lowest BCUT2D eigenvalue weighted by molar-refractivity contribution is -0.788. The van der Waals surface area contributed by atoms with Crippen molar-refractivity contribution in [2.45, 2.75) is 25.3 Å². The normalized spacial score (nSPS) is 11.1. The number of nitrogens with zero attached hydrogens (tertiary/aromatic N) is 3. The van der Waals surface area contributed by atoms with E-state index in [4.69, 9.17) is 9.94 Å². The van der Waals surface area contributed by atoms with Crippen LogP contribution in [0.5, 0.6) is 0 Å². The quantitative estimate of drug-likeness (QED) is 0.279. The highest BCUT2D eigenvalue weighted by Crippen LogP contribution is 2.14. The number of hydrogen-bond donors (Lipinski definition) is 1. The maximum atomic E-state index is 8.44. The molecule has 0 atom stereocenters. The lowest BCUT2D eigenvalue weighted by Gasteiger charge is -2.00. The van der Waals surface area contributed by atoms with Crippen LogP contribution >= 0.6 is 11.8 Å². The summed E-state index contributed by atoms with van der Waals surface area (Å²) >= 11 is 1.82. The maximum Gasteiger partial charge on any atom is 0.257 e. The summed E-state index contributed by atoms with van der Waals surface area (Å²) < 4.78 is 9.55. The molecule has 0 aliphatic carbocycles. The van der Waals surface area contributed by atoms with Gasteiger partial charge in [-0.3, -0.25) is 4.74 Å². The first-order valence-corrected chi connectivity index (χ1v) is 7.66. The fourth-order valence-corrected chi connectivity index (χ4v) is 2.40. The Morgan fingerprint density at radius 1 is 1.10 bits per heavy atom. The second kappa shape index (κ2) is 8.39. The fourth-order valence-electron chi connectivity index (χ4n) is 1.75. The summed E-state index contributed by atoms with van der Waals surface area (Å²) in [6, 6.07) is 7.89. The van der Waals surface area contributed by atoms with E-state index in [2.05, 4.69) is 24.2 Å². The van der Waals surface area contributed by atoms with E-state index in [9.17, 15) is 0 Å². The molecule has 0 spiro atoms. The number of hydrogen-bond acceptors (Lipinski definition) is 4. The summed E-state index contributed by atoms with van der Waals surface area (Å²) in [4.78, 5) is 1.27. The average molecular weight is 305 g/mol. The Morgan fingerprint density at radius 3 is 2.19 bits per heavy atom. The van der Waals surface area contributed by atoms with Crippen molar-refractivity contribution in [3.63, 3.8) is 0 Å². The monoisotopic (exact) mass is 305 g/mol. The van der Waals surface area contributed by atoms with Gasteiger partial charge in [-0.15, -0.1) is 11.8 Å². The van der Waals surface area contributed by atoms with Crippen molar-refractivity contribution in [3.05, 3.63) is 54.6 Å². The van der Waals surface area contributed by atoms with Gasteiger partial charge < -0.3 is 5.21 Å². The number of pyridine rings is 2. The van der Waals surface area contributed by atoms with Crippen LogP contribution in [-0.2, 0) is 18.2 Å². The van der Waals surface area contributed by atoms with Crippen LogP contribution < -0.4 is 9.13 Å². The van der Waals surface area contributed by atoms with Gasteiger partial charge in [0.2, 0.25) is 0 Å². The third-order valence-corrected chi connectivity index (χ3v) is 3.67. The van der Waals surface area contributed by atoms with Gasteiger partial charge in [0.25, 0.3) is 13.5 Å². The van der Waals surface area contributed by atoms with Gasteiger partial charge in [0.05, 0.1) is 6.21 Å². The maximum absolute atomic E-state index is 8.44. The van der Waals surface area contributed by atoms with E-state index in [0.29, 0.717) is 13.5 Å². The van der Waals surface area contributed by atoms with E-state index in [-0.39, 0.29) is 0 Å². The van der Waals surface area contributed by atoms with E-state index in [1.54, 1.807) is 0 Å². The molecule has 0 saturated carbocycles. The van der Waals surface area contributed by atoms with Crippen LogP contribution in [0.2, 0.25) is 0 Å². The number of aromatic nitrogens is 2. The SMILES string of the molecule is CCSc1cc[n+](COC[n+]2ccc(/C=N/O)cc2)cc1. The Balaban J connectivity index is 1.80. The van der Waals surface area contributed by atoms with Crippen LogP contribution in [0, 0.1) is 0 Å². The molecule has 0 aliphatic rings. The van der Waals surface area contributed by atoms with Crippen molar-refractivity contribution in [2.24, 2.45) is 5.16 Å². The van der Waals surface area contributed by atoms with E-state index in [0.717, 1.165) is 11.3 Å². The summed E-state index contributed by atoms with van der Waals surface area (Å²) in [5.41, 5.74) is 0.840. The molecule has 2 rings (SSSR count). The molecular formula is C15H19N3O2S+2. The highest BCUT2D eigenvalue weighted by molar-refractivity contribution is 7.99. The van der Waals surface area contributed by atoms with Gasteiger partial charge in [-0.25, -0.2) is 0 Å². The molecule has 2 aromatic heterocycles. The molecule has 0 unspecified atom stereocenters. The zero-order valence-corrected chi connectivity index (χ0v) is 12.7. The molecule has 1 N–H and O–H groups in total. The number of thioether (sulfide) groups is 1. The van der Waals surface area contributed by atoms with Gasteiger partial charge >= 0.3 is 0 Å². The lowest BCUT2D eigenvalue weighted by atomic mass is 10.3. The molecule has 21 heavy (non-hydrogen) atoms. The molecule has 5 nitrogen and oxygen atoms in total. The van der Waals surface area contributed by atoms with Crippen LogP contribution in [0.1, 0.15) is 12.5 Å². The summed E-state index contributed by atoms with van der Waals surface area (Å²) in [6.45, 7) is 3.11. The summed E-state index contributed by atoms with van der Waals surface area (Å²) in [5, 5.41) is 11.4. The summed E-state index contributed by atoms with van der Waals surface area (Å²) in [5.74, 6) is 1.08. The predicted octanol–water partition coefficient (Wildman–Crippen LogP) is 1.81. The van der Waals surface area contributed by atoms with Crippen LogP contribution in [0.3, 0.4) is 0 Å². The van der Waals surface area contributed by atoms with Crippen LogP contribution in [0.15, 0.2) is 59.1 Å². The Kier molecular flexibility index (Phi) is 6.18. The number of rotatable bonds is 7.